The lowest BCUT2D eigenvalue weighted by Gasteiger charge is -2.29. The van der Waals surface area contributed by atoms with Gasteiger partial charge < -0.3 is 72.3 Å². The number of hydrogen-bond acceptors (Lipinski definition) is 21. The van der Waals surface area contributed by atoms with E-state index in [4.69, 9.17) is 40.4 Å². The highest BCUT2D eigenvalue weighted by Gasteiger charge is 2.31. The van der Waals surface area contributed by atoms with E-state index in [1.54, 1.807) is 24.1 Å². The molecule has 101 heavy (non-hydrogen) atoms. The molecule has 0 saturated heterocycles. The van der Waals surface area contributed by atoms with Gasteiger partial charge in [0.15, 0.2) is 17.3 Å². The van der Waals surface area contributed by atoms with Crippen molar-refractivity contribution in [1.82, 2.24) is 31.5 Å². The number of ketones is 4. The predicted molar refractivity (Wildman–Crippen MR) is 378 cm³/mol. The molecular weight excluding hydrogens is 1330 g/mol. The molecule has 0 aliphatic carbocycles. The Morgan fingerprint density at radius 1 is 0.525 bits per heavy atom. The summed E-state index contributed by atoms with van der Waals surface area (Å²) in [5, 5.41) is 49.9. The van der Waals surface area contributed by atoms with Crippen LogP contribution in [0.5, 0.6) is 5.75 Å². The molecule has 1 rings (SSSR count). The summed E-state index contributed by atoms with van der Waals surface area (Å²) in [5.74, 6) is -7.00. The van der Waals surface area contributed by atoms with Gasteiger partial charge in [-0.15, -0.1) is 0 Å². The number of ether oxygens (including phenoxy) is 4. The van der Waals surface area contributed by atoms with Gasteiger partial charge in [0, 0.05) is 70.6 Å². The number of amides is 5. The summed E-state index contributed by atoms with van der Waals surface area (Å²) in [7, 11) is -2.22. The molecule has 0 aliphatic heterocycles. The second kappa shape index (κ2) is 56.6. The number of phenols is 1. The van der Waals surface area contributed by atoms with E-state index in [0.717, 1.165) is 70.6 Å². The molecule has 5 amide bonds. The number of carbonyl (C=O) groups excluding carboxylic acids is 9. The van der Waals surface area contributed by atoms with Gasteiger partial charge in [0.25, 0.3) is 10.1 Å². The van der Waals surface area contributed by atoms with E-state index in [1.807, 2.05) is 13.8 Å². The average Bonchev–Trinajstić information content (AvgIpc) is 0.870. The molecule has 31 heteroatoms. The van der Waals surface area contributed by atoms with Crippen LogP contribution in [-0.4, -0.2) is 220 Å². The van der Waals surface area contributed by atoms with Crippen LogP contribution in [0.25, 0.3) is 0 Å². The highest BCUT2D eigenvalue weighted by Crippen LogP contribution is 2.21. The summed E-state index contributed by atoms with van der Waals surface area (Å²) < 4.78 is 52.0. The van der Waals surface area contributed by atoms with Gasteiger partial charge in [-0.05, 0) is 101 Å². The van der Waals surface area contributed by atoms with E-state index in [9.17, 15) is 76.5 Å². The van der Waals surface area contributed by atoms with Gasteiger partial charge in [-0.1, -0.05) is 103 Å². The molecule has 0 spiro atoms. The number of carbonyl (C=O) groups is 11. The first-order valence-electron chi connectivity index (χ1n) is 35.8. The van der Waals surface area contributed by atoms with Crippen LogP contribution in [0.2, 0.25) is 0 Å². The number of Topliss-reactive ketones (excluding diaryl/α,β-unsaturated/α-hetero) is 4. The molecule has 0 radical (unpaired) electrons. The van der Waals surface area contributed by atoms with E-state index in [1.165, 1.54) is 12.1 Å². The van der Waals surface area contributed by atoms with Crippen molar-refractivity contribution in [3.8, 4) is 5.75 Å². The molecule has 0 bridgehead atoms. The third kappa shape index (κ3) is 51.9. The molecule has 0 unspecified atom stereocenters. The van der Waals surface area contributed by atoms with Crippen LogP contribution in [-0.2, 0) is 88.2 Å². The fourth-order valence-corrected chi connectivity index (χ4v) is 11.5. The Bertz CT molecular complexity index is 2740. The predicted octanol–water partition coefficient (Wildman–Crippen LogP) is 4.80. The van der Waals surface area contributed by atoms with Gasteiger partial charge in [0.05, 0.1) is 69.8 Å². The first kappa shape index (κ1) is 92.1. The Hall–Kier alpha value is -6.87. The number of phenolic OH excluding ortho intramolecular Hbond substituents is 1. The Morgan fingerprint density at radius 3 is 1.60 bits per heavy atom. The Morgan fingerprint density at radius 2 is 1.04 bits per heavy atom. The van der Waals surface area contributed by atoms with Crippen molar-refractivity contribution in [3.63, 3.8) is 0 Å². The summed E-state index contributed by atoms with van der Waals surface area (Å²) in [4.78, 5) is 141. The number of carboxylic acid groups (broad SMARTS) is 2. The number of amidine groups is 1. The van der Waals surface area contributed by atoms with E-state index in [2.05, 4.69) is 26.6 Å². The van der Waals surface area contributed by atoms with Crippen LogP contribution in [0.1, 0.15) is 206 Å². The first-order chi connectivity index (χ1) is 48.1. The number of nitrogens with zero attached hydrogens (tertiary/aromatic N) is 1. The monoisotopic (exact) mass is 1450 g/mol. The van der Waals surface area contributed by atoms with Gasteiger partial charge in [0.2, 0.25) is 29.5 Å². The maximum atomic E-state index is 14.0. The molecule has 1 aromatic rings. The van der Waals surface area contributed by atoms with Crippen molar-refractivity contribution < 1.29 is 100.0 Å². The summed E-state index contributed by atoms with van der Waals surface area (Å²) in [6.45, 7) is 4.63. The smallest absolute Gasteiger partial charge is 0.326 e. The lowest BCUT2D eigenvalue weighted by atomic mass is 9.89. The minimum Gasteiger partial charge on any atom is -0.508 e. The number of aromatic hydroxyl groups is 1. The molecule has 14 N–H and O–H groups in total. The van der Waals surface area contributed by atoms with Gasteiger partial charge in [-0.3, -0.25) is 58.0 Å². The zero-order valence-corrected chi connectivity index (χ0v) is 60.7. The number of primary amides is 1. The van der Waals surface area contributed by atoms with Crippen LogP contribution in [0.4, 0.5) is 0 Å². The van der Waals surface area contributed by atoms with Gasteiger partial charge in [-0.25, -0.2) is 9.59 Å². The molecule has 1 aromatic carbocycles. The zero-order chi connectivity index (χ0) is 75.2. The second-order valence-electron chi connectivity index (χ2n) is 26.2. The molecule has 0 saturated carbocycles. The molecular formula is C70H119N9O21S. The van der Waals surface area contributed by atoms with Crippen molar-refractivity contribution in [3.05, 3.63) is 29.8 Å². The van der Waals surface area contributed by atoms with E-state index in [0.29, 0.717) is 82.7 Å². The number of rotatable bonds is 68. The van der Waals surface area contributed by atoms with Gasteiger partial charge in [0.1, 0.15) is 36.8 Å². The molecule has 0 heterocycles. The third-order valence-corrected chi connectivity index (χ3v) is 17.3. The van der Waals surface area contributed by atoms with Gasteiger partial charge in [-0.2, -0.15) is 8.42 Å². The number of likely N-dealkylation sites (N-methyl/N-ethyl adjacent to an activating group) is 1. The number of hydrogen-bond donors (Lipinski definition) is 12. The average molecular weight is 1450 g/mol. The Kier molecular flexibility index (Phi) is 51.7. The topological polar surface area (TPSA) is 479 Å². The largest absolute Gasteiger partial charge is 0.508 e. The fraction of sp³-hybridized carbons (Fsp3) is 0.743. The third-order valence-electron chi connectivity index (χ3n) is 16.5. The summed E-state index contributed by atoms with van der Waals surface area (Å²) in [6.07, 6.45) is 15.1. The normalized spacial score (nSPS) is 13.0. The zero-order valence-electron chi connectivity index (χ0n) is 59.9. The number of benzene rings is 1. The lowest BCUT2D eigenvalue weighted by Crippen LogP contribution is -2.48. The van der Waals surface area contributed by atoms with Crippen LogP contribution in [0.15, 0.2) is 24.3 Å². The number of unbranched alkanes of at least 4 members (excludes halogenated alkanes) is 14. The Labute approximate surface area is 596 Å². The highest BCUT2D eigenvalue weighted by atomic mass is 32.2. The Balaban J connectivity index is 2.29. The lowest BCUT2D eigenvalue weighted by molar-refractivity contribution is -0.143. The van der Waals surface area contributed by atoms with E-state index < -0.39 is 75.8 Å². The molecule has 0 aliphatic rings. The van der Waals surface area contributed by atoms with Crippen molar-refractivity contribution in [2.24, 2.45) is 23.3 Å². The van der Waals surface area contributed by atoms with Crippen LogP contribution in [0, 0.1) is 17.2 Å². The standard InChI is InChI=1S/C70H119N9O21S/c1-51(2)44-56(82)47-76-57(62(84)48-79(3)60(24-16-17-25-63(71)72)61(83)46-53(68(73)89)45-52-27-29-54(80)30-28-52)23-18-19-35-74-67(88)50-100-42-39-97-37-21-22-55(81)49-99-41-40-98-38-36-75-64(85)33-31-58(69(90)91)78-66(87)34-32-59(70(92)93)77-65(86)26-15-13-11-9-7-5-4-6-8-10-12-14-20-43-101(94,95)96/h27-30,51,53,57-60,76,80H,4-26,31-50H2,1-3H3,(H3,71,72)(H2,73,89)(H,74,88)(H,75,85)(H,77,86)(H,78,87)(H,90,91)(H,92,93)(H,94,95,96)/t53-,57+,58+,59+,60+/m1/s1. The molecule has 0 fully saturated rings. The first-order valence-corrected chi connectivity index (χ1v) is 37.4. The molecule has 30 nitrogen and oxygen atoms in total. The number of nitrogens with one attached hydrogen (secondary N) is 6. The molecule has 0 aromatic heterocycles. The van der Waals surface area contributed by atoms with Crippen LogP contribution in [0.3, 0.4) is 0 Å². The second-order valence-corrected chi connectivity index (χ2v) is 27.7. The van der Waals surface area contributed by atoms with Crippen molar-refractivity contribution >= 4 is 80.6 Å². The molecule has 576 valence electrons. The number of carboxylic acids is 2. The van der Waals surface area contributed by atoms with E-state index >= 15 is 0 Å². The van der Waals surface area contributed by atoms with E-state index in [-0.39, 0.29) is 176 Å². The maximum absolute atomic E-state index is 14.0. The fourth-order valence-electron chi connectivity index (χ4n) is 10.9. The maximum Gasteiger partial charge on any atom is 0.326 e. The SMILES string of the molecule is CC(C)CC(=O)CN[C@@H](CCCCNC(=O)COCCOCCCC(=O)COCCOCCNC(=O)CC[C@H](NC(=O)CC[C@H](NC(=O)CCCCCCCCCCCCCCCS(=O)(=O)O)C(=O)O)C(=O)O)C(=O)CN(C)[C@@H](CCCCC(=N)N)C(=O)C[C@@H](Cc1ccc(O)cc1)C(N)=O. The highest BCUT2D eigenvalue weighted by molar-refractivity contribution is 7.85. The van der Waals surface area contributed by atoms with Crippen LogP contribution < -0.4 is 38.1 Å². The minimum absolute atomic E-state index is 0.0157. The summed E-state index contributed by atoms with van der Waals surface area (Å²) >= 11 is 0. The van der Waals surface area contributed by atoms with Crippen molar-refractivity contribution in [1.29, 1.82) is 5.41 Å². The minimum atomic E-state index is -3.88. The van der Waals surface area contributed by atoms with Gasteiger partial charge >= 0.3 is 11.9 Å². The van der Waals surface area contributed by atoms with Crippen molar-refractivity contribution in [2.45, 2.75) is 231 Å². The summed E-state index contributed by atoms with van der Waals surface area (Å²) in [5.41, 5.74) is 12.0. The number of nitrogens with two attached hydrogens (primary N) is 2. The van der Waals surface area contributed by atoms with Crippen molar-refractivity contribution in [2.75, 3.05) is 91.8 Å². The summed E-state index contributed by atoms with van der Waals surface area (Å²) in [6, 6.07) is 1.99. The van der Waals surface area contributed by atoms with Crippen LogP contribution >= 0.6 is 0 Å². The number of aliphatic carboxylic acids is 2. The quantitative estimate of drug-likeness (QED) is 0.0180. The molecule has 5 atom stereocenters.